The molecule has 1 amide bonds. The van der Waals surface area contributed by atoms with Gasteiger partial charge in [0.2, 0.25) is 0 Å². The van der Waals surface area contributed by atoms with Gasteiger partial charge < -0.3 is 15.5 Å². The number of nitro benzene ring substituents is 1. The average molecular weight is 408 g/mol. The minimum Gasteiger partial charge on any atom is -0.510 e. The maximum Gasteiger partial charge on any atom is 0.279 e. The number of aromatic hydroxyl groups is 1. The SMILES string of the molecule is C/C(O)=C(/N=Nc1cc([N+](=O)[O-])cc(C)c1O)C(=O)Nc1ccccc1.[Cr]. The number of azo groups is 1. The van der Waals surface area contributed by atoms with Crippen molar-refractivity contribution >= 4 is 23.0 Å². The number of aliphatic hydroxyl groups excluding tert-OH is 1. The minimum atomic E-state index is -0.721. The number of allylic oxidation sites excluding steroid dienone is 1. The Morgan fingerprint density at radius 1 is 1.22 bits per heavy atom. The molecule has 0 saturated heterocycles. The van der Waals surface area contributed by atoms with Crippen LogP contribution in [0.2, 0.25) is 0 Å². The van der Waals surface area contributed by atoms with Crippen LogP contribution in [0.4, 0.5) is 17.1 Å². The first kappa shape index (κ1) is 21.8. The van der Waals surface area contributed by atoms with Crippen LogP contribution in [-0.4, -0.2) is 21.0 Å². The summed E-state index contributed by atoms with van der Waals surface area (Å²) in [6, 6.07) is 10.7. The first-order chi connectivity index (χ1) is 12.3. The summed E-state index contributed by atoms with van der Waals surface area (Å²) < 4.78 is 0. The molecule has 27 heavy (non-hydrogen) atoms. The number of phenols is 1. The molecule has 9 nitrogen and oxygen atoms in total. The maximum absolute atomic E-state index is 12.2. The van der Waals surface area contributed by atoms with Crippen LogP contribution in [0.3, 0.4) is 0 Å². The van der Waals surface area contributed by atoms with Gasteiger partial charge in [0.1, 0.15) is 17.2 Å². The van der Waals surface area contributed by atoms with Crippen molar-refractivity contribution in [3.8, 4) is 5.75 Å². The van der Waals surface area contributed by atoms with Gasteiger partial charge in [-0.3, -0.25) is 14.9 Å². The second-order valence-electron chi connectivity index (χ2n) is 5.34. The number of hydrogen-bond donors (Lipinski definition) is 3. The number of rotatable bonds is 5. The van der Waals surface area contributed by atoms with Gasteiger partial charge in [0.25, 0.3) is 11.6 Å². The summed E-state index contributed by atoms with van der Waals surface area (Å²) in [6.07, 6.45) is 0. The molecule has 0 saturated carbocycles. The van der Waals surface area contributed by atoms with Crippen LogP contribution in [0, 0.1) is 17.0 Å². The number of nitrogens with zero attached hydrogens (tertiary/aromatic N) is 3. The Bertz CT molecular complexity index is 909. The minimum absolute atomic E-state index is 0. The van der Waals surface area contributed by atoms with E-state index in [0.717, 1.165) is 6.07 Å². The van der Waals surface area contributed by atoms with E-state index in [2.05, 4.69) is 15.5 Å². The number of phenolic OH excluding ortho intramolecular Hbond substituents is 1. The van der Waals surface area contributed by atoms with Crippen LogP contribution in [0.25, 0.3) is 0 Å². The van der Waals surface area contributed by atoms with Gasteiger partial charge in [-0.2, -0.15) is 0 Å². The molecular formula is C17H16CrN4O5. The van der Waals surface area contributed by atoms with E-state index in [4.69, 9.17) is 0 Å². The Morgan fingerprint density at radius 3 is 2.41 bits per heavy atom. The first-order valence-corrected chi connectivity index (χ1v) is 7.45. The van der Waals surface area contributed by atoms with E-state index in [1.807, 2.05) is 0 Å². The van der Waals surface area contributed by atoms with Gasteiger partial charge >= 0.3 is 0 Å². The molecule has 0 fully saturated rings. The quantitative estimate of drug-likeness (QED) is 0.225. The molecule has 0 spiro atoms. The van der Waals surface area contributed by atoms with Crippen molar-refractivity contribution in [1.82, 2.24) is 0 Å². The molecule has 0 aliphatic carbocycles. The predicted octanol–water partition coefficient (Wildman–Crippen LogP) is 4.12. The van der Waals surface area contributed by atoms with Gasteiger partial charge in [-0.05, 0) is 31.5 Å². The molecule has 3 N–H and O–H groups in total. The topological polar surface area (TPSA) is 137 Å². The second-order valence-corrected chi connectivity index (χ2v) is 5.34. The molecule has 0 bridgehead atoms. The van der Waals surface area contributed by atoms with Crippen LogP contribution in [0.15, 0.2) is 64.1 Å². The van der Waals surface area contributed by atoms with E-state index in [1.165, 1.54) is 19.9 Å². The van der Waals surface area contributed by atoms with Crippen LogP contribution in [0.1, 0.15) is 12.5 Å². The molecule has 0 radical (unpaired) electrons. The molecule has 2 aromatic rings. The number of anilines is 1. The van der Waals surface area contributed by atoms with Crippen molar-refractivity contribution in [2.75, 3.05) is 5.32 Å². The molecule has 0 heterocycles. The predicted molar refractivity (Wildman–Crippen MR) is 94.4 cm³/mol. The number of nitro groups is 1. The summed E-state index contributed by atoms with van der Waals surface area (Å²) in [4.78, 5) is 22.5. The van der Waals surface area contributed by atoms with Crippen molar-refractivity contribution in [2.45, 2.75) is 13.8 Å². The normalized spacial score (nSPS) is 11.5. The number of nitrogens with one attached hydrogen (secondary N) is 1. The van der Waals surface area contributed by atoms with Crippen molar-refractivity contribution < 1.29 is 37.3 Å². The summed E-state index contributed by atoms with van der Waals surface area (Å²) in [6.45, 7) is 2.72. The molecule has 0 aliphatic rings. The Labute approximate surface area is 165 Å². The average Bonchev–Trinajstić information content (AvgIpc) is 2.58. The monoisotopic (exact) mass is 408 g/mol. The van der Waals surface area contributed by atoms with E-state index < -0.39 is 22.3 Å². The molecule has 140 valence electrons. The van der Waals surface area contributed by atoms with Gasteiger partial charge in [0, 0.05) is 35.2 Å². The van der Waals surface area contributed by atoms with Gasteiger partial charge in [0.05, 0.1) is 4.92 Å². The molecular weight excluding hydrogens is 392 g/mol. The Balaban J connectivity index is 0.00000364. The third kappa shape index (κ3) is 5.64. The number of carbonyl (C=O) groups excluding carboxylic acids is 1. The number of aryl methyl sites for hydroxylation is 1. The van der Waals surface area contributed by atoms with Crippen LogP contribution < -0.4 is 5.32 Å². The van der Waals surface area contributed by atoms with Crippen LogP contribution in [-0.2, 0) is 22.2 Å². The standard InChI is InChI=1S/C17H16N4O5.Cr/c1-10-8-13(21(25)26)9-14(16(10)23)19-20-15(11(2)22)17(24)18-12-6-4-3-5-7-12;/h3-9,22-23H,1-2H3,(H,18,24);/b15-11-,20-19?;. The van der Waals surface area contributed by atoms with Crippen molar-refractivity contribution in [3.05, 3.63) is 69.6 Å². The van der Waals surface area contributed by atoms with Gasteiger partial charge in [-0.1, -0.05) is 18.2 Å². The Hall–Kier alpha value is -3.22. The second kappa shape index (κ2) is 9.47. The number of carbonyl (C=O) groups is 1. The molecule has 2 rings (SSSR count). The third-order valence-electron chi connectivity index (χ3n) is 3.32. The fourth-order valence-electron chi connectivity index (χ4n) is 2.02. The number of benzene rings is 2. The van der Waals surface area contributed by atoms with E-state index in [9.17, 15) is 25.1 Å². The summed E-state index contributed by atoms with van der Waals surface area (Å²) in [7, 11) is 0. The molecule has 0 unspecified atom stereocenters. The van der Waals surface area contributed by atoms with E-state index in [1.54, 1.807) is 30.3 Å². The number of amides is 1. The molecule has 10 heteroatoms. The van der Waals surface area contributed by atoms with Gasteiger partial charge in [0.15, 0.2) is 5.70 Å². The number of hydrogen-bond acceptors (Lipinski definition) is 7. The molecule has 0 aromatic heterocycles. The zero-order valence-corrected chi connectivity index (χ0v) is 15.7. The van der Waals surface area contributed by atoms with Crippen LogP contribution in [0.5, 0.6) is 5.75 Å². The largest absolute Gasteiger partial charge is 0.510 e. The number of aliphatic hydroxyl groups is 1. The molecule has 0 aliphatic heterocycles. The Kier molecular flexibility index (Phi) is 7.66. The maximum atomic E-state index is 12.2. The number of non-ortho nitro benzene ring substituents is 1. The third-order valence-corrected chi connectivity index (χ3v) is 3.32. The zero-order chi connectivity index (χ0) is 19.3. The smallest absolute Gasteiger partial charge is 0.279 e. The van der Waals surface area contributed by atoms with Gasteiger partial charge in [-0.15, -0.1) is 10.2 Å². The number of para-hydroxylation sites is 1. The van der Waals surface area contributed by atoms with Crippen molar-refractivity contribution in [2.24, 2.45) is 10.2 Å². The zero-order valence-electron chi connectivity index (χ0n) is 14.4. The van der Waals surface area contributed by atoms with E-state index >= 15 is 0 Å². The van der Waals surface area contributed by atoms with Crippen LogP contribution >= 0.6 is 0 Å². The fraction of sp³-hybridized carbons (Fsp3) is 0.118. The summed E-state index contributed by atoms with van der Waals surface area (Å²) in [5.41, 5.74) is -0.150. The Morgan fingerprint density at radius 2 is 1.85 bits per heavy atom. The van der Waals surface area contributed by atoms with Crippen molar-refractivity contribution in [3.63, 3.8) is 0 Å². The summed E-state index contributed by atoms with van der Waals surface area (Å²) in [5.74, 6) is -1.43. The van der Waals surface area contributed by atoms with E-state index in [0.29, 0.717) is 5.69 Å². The summed E-state index contributed by atoms with van der Waals surface area (Å²) in [5, 5.41) is 40.5. The first-order valence-electron chi connectivity index (χ1n) is 7.45. The molecule has 0 atom stereocenters. The van der Waals surface area contributed by atoms with Crippen molar-refractivity contribution in [1.29, 1.82) is 0 Å². The van der Waals surface area contributed by atoms with E-state index in [-0.39, 0.29) is 40.0 Å². The summed E-state index contributed by atoms with van der Waals surface area (Å²) >= 11 is 0. The molecule has 2 aromatic carbocycles. The van der Waals surface area contributed by atoms with Gasteiger partial charge in [-0.25, -0.2) is 0 Å². The fourth-order valence-corrected chi connectivity index (χ4v) is 2.02.